The van der Waals surface area contributed by atoms with Crippen LogP contribution in [0.5, 0.6) is 0 Å². The Morgan fingerprint density at radius 1 is 0.900 bits per heavy atom. The molecule has 0 saturated carbocycles. The molecule has 1 nitrogen and oxygen atoms in total. The van der Waals surface area contributed by atoms with Gasteiger partial charge in [-0.25, -0.2) is 4.39 Å². The van der Waals surface area contributed by atoms with Crippen LogP contribution < -0.4 is 0 Å². The first-order chi connectivity index (χ1) is 9.77. The van der Waals surface area contributed by atoms with Gasteiger partial charge in [0.2, 0.25) is 0 Å². The summed E-state index contributed by atoms with van der Waals surface area (Å²) in [4.78, 5) is 1.02. The average Bonchev–Trinajstić information content (AvgIpc) is 2.91. The van der Waals surface area contributed by atoms with E-state index in [1.807, 2.05) is 35.7 Å². The van der Waals surface area contributed by atoms with Crippen molar-refractivity contribution < 1.29 is 9.50 Å². The quantitative estimate of drug-likeness (QED) is 0.638. The van der Waals surface area contributed by atoms with E-state index < -0.39 is 6.10 Å². The van der Waals surface area contributed by atoms with Crippen molar-refractivity contribution in [2.45, 2.75) is 6.10 Å². The molecule has 1 aliphatic carbocycles. The first kappa shape index (κ1) is 11.8. The topological polar surface area (TPSA) is 20.2 Å². The van der Waals surface area contributed by atoms with E-state index in [0.29, 0.717) is 11.1 Å². The molecule has 1 aliphatic rings. The van der Waals surface area contributed by atoms with Crippen LogP contribution in [0.1, 0.15) is 17.2 Å². The molecule has 4 rings (SSSR count). The molecule has 0 spiro atoms. The summed E-state index contributed by atoms with van der Waals surface area (Å²) in [5.41, 5.74) is 3.84. The van der Waals surface area contributed by atoms with Crippen LogP contribution in [-0.4, -0.2) is 5.11 Å². The predicted molar refractivity (Wildman–Crippen MR) is 79.2 cm³/mol. The number of benzene rings is 2. The Morgan fingerprint density at radius 3 is 2.60 bits per heavy atom. The fourth-order valence-corrected chi connectivity index (χ4v) is 3.83. The minimum atomic E-state index is -0.795. The normalized spacial score (nSPS) is 16.0. The summed E-state index contributed by atoms with van der Waals surface area (Å²) in [5, 5.41) is 12.6. The Bertz CT molecular complexity index is 806. The van der Waals surface area contributed by atoms with Crippen LogP contribution in [-0.2, 0) is 0 Å². The maximum absolute atomic E-state index is 14.3. The molecule has 0 aliphatic heterocycles. The Labute approximate surface area is 120 Å². The van der Waals surface area contributed by atoms with Crippen molar-refractivity contribution in [3.05, 3.63) is 70.9 Å². The van der Waals surface area contributed by atoms with Gasteiger partial charge < -0.3 is 5.11 Å². The number of aliphatic hydroxyl groups excluding tert-OH is 1. The molecular weight excluding hydrogens is 271 g/mol. The molecule has 3 aromatic rings. The van der Waals surface area contributed by atoms with Crippen molar-refractivity contribution >= 4 is 11.3 Å². The van der Waals surface area contributed by atoms with Gasteiger partial charge in [-0.05, 0) is 34.2 Å². The molecule has 1 aromatic heterocycles. The summed E-state index contributed by atoms with van der Waals surface area (Å²) in [5.74, 6) is -0.283. The molecule has 2 aromatic carbocycles. The molecule has 1 heterocycles. The Kier molecular flexibility index (Phi) is 2.52. The molecule has 0 amide bonds. The van der Waals surface area contributed by atoms with Crippen molar-refractivity contribution in [2.75, 3.05) is 0 Å². The van der Waals surface area contributed by atoms with Gasteiger partial charge in [-0.3, -0.25) is 0 Å². The number of hydrogen-bond acceptors (Lipinski definition) is 2. The van der Waals surface area contributed by atoms with Gasteiger partial charge in [-0.2, -0.15) is 0 Å². The molecule has 1 atom stereocenters. The third kappa shape index (κ3) is 1.51. The lowest BCUT2D eigenvalue weighted by molar-refractivity contribution is 0.221. The lowest BCUT2D eigenvalue weighted by Gasteiger charge is -2.14. The molecule has 0 saturated heterocycles. The zero-order valence-electron chi connectivity index (χ0n) is 10.5. The summed E-state index contributed by atoms with van der Waals surface area (Å²) in [6.07, 6.45) is -0.795. The molecule has 3 heteroatoms. The lowest BCUT2D eigenvalue weighted by atomic mass is 9.96. The Balaban J connectivity index is 2.17. The highest BCUT2D eigenvalue weighted by atomic mass is 32.1. The van der Waals surface area contributed by atoms with E-state index in [4.69, 9.17) is 0 Å². The minimum absolute atomic E-state index is 0.283. The van der Waals surface area contributed by atoms with Crippen LogP contribution >= 0.6 is 11.3 Å². The fourth-order valence-electron chi connectivity index (χ4n) is 2.88. The average molecular weight is 282 g/mol. The first-order valence-corrected chi connectivity index (χ1v) is 7.29. The number of halogens is 1. The number of fused-ring (bicyclic) bond motifs is 5. The summed E-state index contributed by atoms with van der Waals surface area (Å²) < 4.78 is 14.3. The zero-order valence-corrected chi connectivity index (χ0v) is 11.3. The van der Waals surface area contributed by atoms with Crippen molar-refractivity contribution in [3.63, 3.8) is 0 Å². The summed E-state index contributed by atoms with van der Waals surface area (Å²) in [6.45, 7) is 0. The second-order valence-corrected chi connectivity index (χ2v) is 5.77. The maximum Gasteiger partial charge on any atom is 0.131 e. The van der Waals surface area contributed by atoms with Crippen molar-refractivity contribution in [3.8, 4) is 21.6 Å². The second kappa shape index (κ2) is 4.27. The molecular formula is C17H11FOS. The van der Waals surface area contributed by atoms with Gasteiger partial charge in [-0.1, -0.05) is 36.4 Å². The number of rotatable bonds is 0. The molecule has 1 unspecified atom stereocenters. The fraction of sp³-hybridized carbons (Fsp3) is 0.0588. The summed E-state index contributed by atoms with van der Waals surface area (Å²) in [7, 11) is 0. The first-order valence-electron chi connectivity index (χ1n) is 6.41. The Morgan fingerprint density at radius 2 is 1.70 bits per heavy atom. The molecule has 20 heavy (non-hydrogen) atoms. The van der Waals surface area contributed by atoms with E-state index in [0.717, 1.165) is 21.6 Å². The van der Waals surface area contributed by atoms with E-state index >= 15 is 0 Å². The van der Waals surface area contributed by atoms with Crippen LogP contribution in [0.3, 0.4) is 0 Å². The SMILES string of the molecule is OC1c2ccccc2-c2sccc2-c2c(F)cccc21. The molecule has 0 radical (unpaired) electrons. The van der Waals surface area contributed by atoms with E-state index in [-0.39, 0.29) is 5.82 Å². The second-order valence-electron chi connectivity index (χ2n) is 4.86. The molecule has 0 bridgehead atoms. The standard InChI is InChI=1S/C17H11FOS/c18-14-7-3-6-12-15(14)13-8-9-20-17(13)11-5-2-1-4-10(11)16(12)19/h1-9,16,19H. The van der Waals surface area contributed by atoms with Crippen LogP contribution in [0, 0.1) is 5.82 Å². The third-order valence-electron chi connectivity index (χ3n) is 3.77. The minimum Gasteiger partial charge on any atom is -0.384 e. The molecule has 0 fully saturated rings. The third-order valence-corrected chi connectivity index (χ3v) is 4.72. The van der Waals surface area contributed by atoms with E-state index in [2.05, 4.69) is 0 Å². The number of aliphatic hydroxyl groups is 1. The van der Waals surface area contributed by atoms with Gasteiger partial charge in [-0.15, -0.1) is 11.3 Å². The van der Waals surface area contributed by atoms with Crippen molar-refractivity contribution in [1.82, 2.24) is 0 Å². The van der Waals surface area contributed by atoms with Crippen molar-refractivity contribution in [1.29, 1.82) is 0 Å². The van der Waals surface area contributed by atoms with Crippen LogP contribution in [0.15, 0.2) is 53.9 Å². The number of thiophene rings is 1. The highest BCUT2D eigenvalue weighted by Gasteiger charge is 2.27. The summed E-state index contributed by atoms with van der Waals surface area (Å²) >= 11 is 1.58. The van der Waals surface area contributed by atoms with Gasteiger partial charge in [0.25, 0.3) is 0 Å². The Hall–Kier alpha value is -1.97. The van der Waals surface area contributed by atoms with E-state index in [9.17, 15) is 9.50 Å². The van der Waals surface area contributed by atoms with Crippen molar-refractivity contribution in [2.24, 2.45) is 0 Å². The zero-order chi connectivity index (χ0) is 13.7. The van der Waals surface area contributed by atoms with Gasteiger partial charge >= 0.3 is 0 Å². The molecule has 1 N–H and O–H groups in total. The smallest absolute Gasteiger partial charge is 0.131 e. The van der Waals surface area contributed by atoms with Gasteiger partial charge in [0.15, 0.2) is 0 Å². The van der Waals surface area contributed by atoms with E-state index in [1.54, 1.807) is 23.5 Å². The van der Waals surface area contributed by atoms with Gasteiger partial charge in [0.1, 0.15) is 11.9 Å². The van der Waals surface area contributed by atoms with Crippen LogP contribution in [0.25, 0.3) is 21.6 Å². The largest absolute Gasteiger partial charge is 0.384 e. The van der Waals surface area contributed by atoms with E-state index in [1.165, 1.54) is 6.07 Å². The predicted octanol–water partition coefficient (Wildman–Crippen LogP) is 4.62. The molecule has 98 valence electrons. The summed E-state index contributed by atoms with van der Waals surface area (Å²) in [6, 6.07) is 14.6. The van der Waals surface area contributed by atoms with Gasteiger partial charge in [0.05, 0.1) is 0 Å². The van der Waals surface area contributed by atoms with Crippen LogP contribution in [0.2, 0.25) is 0 Å². The lowest BCUT2D eigenvalue weighted by Crippen LogP contribution is -2.02. The number of hydrogen-bond donors (Lipinski definition) is 1. The van der Waals surface area contributed by atoms with Crippen LogP contribution in [0.4, 0.5) is 4.39 Å². The monoisotopic (exact) mass is 282 g/mol. The van der Waals surface area contributed by atoms with Gasteiger partial charge in [0, 0.05) is 16.0 Å². The highest BCUT2D eigenvalue weighted by molar-refractivity contribution is 7.14. The highest BCUT2D eigenvalue weighted by Crippen LogP contribution is 2.47. The maximum atomic E-state index is 14.3.